The van der Waals surface area contributed by atoms with E-state index in [1.165, 1.54) is 38.7 Å². The van der Waals surface area contributed by atoms with Crippen LogP contribution in [0.25, 0.3) is 33.3 Å². The number of fused-ring (bicyclic) bond motifs is 4. The second-order valence-corrected chi connectivity index (χ2v) is 13.0. The minimum atomic E-state index is 0.0758. The average Bonchev–Trinajstić information content (AvgIpc) is 3.60. The lowest BCUT2D eigenvalue weighted by Crippen LogP contribution is -2.37. The Labute approximate surface area is 276 Å². The largest absolute Gasteiger partial charge is 0.457 e. The van der Waals surface area contributed by atoms with Crippen molar-refractivity contribution in [3.8, 4) is 17.3 Å². The molecule has 0 amide bonds. The molecular formula is C42H38N4O. The Morgan fingerprint density at radius 2 is 1.53 bits per heavy atom. The van der Waals surface area contributed by atoms with Crippen LogP contribution in [0.2, 0.25) is 0 Å². The molecule has 6 aromatic rings. The van der Waals surface area contributed by atoms with E-state index < -0.39 is 0 Å². The molecular weight excluding hydrogens is 576 g/mol. The van der Waals surface area contributed by atoms with Crippen LogP contribution in [0, 0.1) is 20.8 Å². The van der Waals surface area contributed by atoms with E-state index in [1.54, 1.807) is 0 Å². The van der Waals surface area contributed by atoms with Crippen molar-refractivity contribution in [3.63, 3.8) is 0 Å². The van der Waals surface area contributed by atoms with Crippen molar-refractivity contribution in [1.29, 1.82) is 0 Å². The molecule has 2 aromatic heterocycles. The van der Waals surface area contributed by atoms with Crippen LogP contribution < -0.4 is 9.64 Å². The van der Waals surface area contributed by atoms with Crippen LogP contribution in [0.4, 0.5) is 5.69 Å². The molecule has 5 nitrogen and oxygen atoms in total. The molecule has 8 rings (SSSR count). The third-order valence-corrected chi connectivity index (χ3v) is 9.31. The smallest absolute Gasteiger partial charge is 0.137 e. The number of pyridine rings is 1. The zero-order chi connectivity index (χ0) is 32.2. The molecule has 0 N–H and O–H groups in total. The molecule has 1 unspecified atom stereocenters. The van der Waals surface area contributed by atoms with Gasteiger partial charge in [0, 0.05) is 46.7 Å². The number of aryl methyl sites for hydroxylation is 3. The molecule has 0 saturated carbocycles. The molecule has 1 atom stereocenters. The maximum Gasteiger partial charge on any atom is 0.137 e. The number of hydrogen-bond acceptors (Lipinski definition) is 4. The molecule has 0 fully saturated rings. The van der Waals surface area contributed by atoms with Crippen LogP contribution in [0.5, 0.6) is 11.5 Å². The number of aromatic nitrogens is 2. The van der Waals surface area contributed by atoms with Gasteiger partial charge < -0.3 is 14.5 Å². The molecule has 0 aliphatic carbocycles. The Hall–Kier alpha value is -5.55. The van der Waals surface area contributed by atoms with Gasteiger partial charge in [-0.2, -0.15) is 0 Å². The van der Waals surface area contributed by atoms with Crippen molar-refractivity contribution < 1.29 is 4.74 Å². The summed E-state index contributed by atoms with van der Waals surface area (Å²) >= 11 is 0. The third-order valence-electron chi connectivity index (χ3n) is 9.31. The minimum Gasteiger partial charge on any atom is -0.457 e. The number of benzene rings is 4. The fourth-order valence-corrected chi connectivity index (χ4v) is 7.23. The van der Waals surface area contributed by atoms with Crippen molar-refractivity contribution in [2.75, 3.05) is 4.90 Å². The van der Waals surface area contributed by atoms with Crippen molar-refractivity contribution in [2.24, 2.45) is 0 Å². The van der Waals surface area contributed by atoms with Gasteiger partial charge >= 0.3 is 0 Å². The predicted molar refractivity (Wildman–Crippen MR) is 194 cm³/mol. The molecule has 5 heteroatoms. The first-order chi connectivity index (χ1) is 22.9. The highest BCUT2D eigenvalue weighted by Gasteiger charge is 2.34. The first-order valence-electron chi connectivity index (χ1n) is 16.3. The number of rotatable bonds is 6. The summed E-state index contributed by atoms with van der Waals surface area (Å²) in [5.74, 6) is 2.90. The summed E-state index contributed by atoms with van der Waals surface area (Å²) in [6.07, 6.45) is 12.8. The van der Waals surface area contributed by atoms with Gasteiger partial charge in [0.25, 0.3) is 0 Å². The lowest BCUT2D eigenvalue weighted by Gasteiger charge is -2.34. The molecule has 47 heavy (non-hydrogen) atoms. The van der Waals surface area contributed by atoms with Crippen LogP contribution in [-0.4, -0.2) is 20.6 Å². The van der Waals surface area contributed by atoms with Gasteiger partial charge in [0.05, 0.1) is 16.7 Å². The van der Waals surface area contributed by atoms with Crippen LogP contribution in [-0.2, 0) is 0 Å². The lowest BCUT2D eigenvalue weighted by molar-refractivity contribution is 0.455. The van der Waals surface area contributed by atoms with Gasteiger partial charge in [-0.05, 0) is 98.0 Å². The fraction of sp³-hybridized carbons (Fsp3) is 0.167. The Balaban J connectivity index is 1.19. The highest BCUT2D eigenvalue weighted by atomic mass is 16.5. The monoisotopic (exact) mass is 614 g/mol. The normalized spacial score (nSPS) is 15.6. The maximum absolute atomic E-state index is 6.64. The third kappa shape index (κ3) is 4.99. The van der Waals surface area contributed by atoms with Gasteiger partial charge in [-0.15, -0.1) is 0 Å². The highest BCUT2D eigenvalue weighted by molar-refractivity contribution is 6.09. The average molecular weight is 615 g/mol. The summed E-state index contributed by atoms with van der Waals surface area (Å²) in [4.78, 5) is 9.54. The summed E-state index contributed by atoms with van der Waals surface area (Å²) in [6, 6.07) is 32.2. The Morgan fingerprint density at radius 3 is 2.36 bits per heavy atom. The number of para-hydroxylation sites is 1. The Morgan fingerprint density at radius 1 is 0.745 bits per heavy atom. The number of nitrogens with zero attached hydrogens (tertiary/aromatic N) is 4. The zero-order valence-electron chi connectivity index (χ0n) is 27.5. The van der Waals surface area contributed by atoms with E-state index in [1.807, 2.05) is 12.3 Å². The predicted octanol–water partition coefficient (Wildman–Crippen LogP) is 10.5. The van der Waals surface area contributed by atoms with E-state index in [2.05, 4.69) is 165 Å². The SMILES string of the molecule is Cc1cc(C)c(N2C(c3cccc(Oc4ccc5c6ccccc6n(-c6cc(C(C)C)ccn6)c5c4)c3)=CN3C=CC=CC32)c(C)c1. The Kier molecular flexibility index (Phi) is 6.98. The fourth-order valence-electron chi connectivity index (χ4n) is 7.23. The molecule has 0 saturated heterocycles. The van der Waals surface area contributed by atoms with E-state index in [0.717, 1.165) is 39.6 Å². The Bertz CT molecular complexity index is 2250. The van der Waals surface area contributed by atoms with E-state index in [4.69, 9.17) is 9.72 Å². The van der Waals surface area contributed by atoms with Gasteiger partial charge in [0.2, 0.25) is 0 Å². The van der Waals surface area contributed by atoms with E-state index in [0.29, 0.717) is 5.92 Å². The minimum absolute atomic E-state index is 0.0758. The van der Waals surface area contributed by atoms with E-state index >= 15 is 0 Å². The van der Waals surface area contributed by atoms with Crippen molar-refractivity contribution in [1.82, 2.24) is 14.5 Å². The van der Waals surface area contributed by atoms with Crippen molar-refractivity contribution in [3.05, 3.63) is 156 Å². The molecule has 2 aliphatic heterocycles. The van der Waals surface area contributed by atoms with Gasteiger partial charge in [0.1, 0.15) is 23.5 Å². The molecule has 0 bridgehead atoms. The summed E-state index contributed by atoms with van der Waals surface area (Å²) in [5.41, 5.74) is 10.8. The molecule has 232 valence electrons. The molecule has 4 aromatic carbocycles. The number of hydrogen-bond donors (Lipinski definition) is 0. The summed E-state index contributed by atoms with van der Waals surface area (Å²) < 4.78 is 8.89. The van der Waals surface area contributed by atoms with Crippen LogP contribution in [0.3, 0.4) is 0 Å². The lowest BCUT2D eigenvalue weighted by atomic mass is 10.0. The second-order valence-electron chi connectivity index (χ2n) is 13.0. The first kappa shape index (κ1) is 28.9. The summed E-state index contributed by atoms with van der Waals surface area (Å²) in [5, 5.41) is 2.37. The maximum atomic E-state index is 6.64. The van der Waals surface area contributed by atoms with Crippen LogP contribution >= 0.6 is 0 Å². The van der Waals surface area contributed by atoms with E-state index in [-0.39, 0.29) is 6.17 Å². The molecule has 2 aliphatic rings. The van der Waals surface area contributed by atoms with E-state index in [9.17, 15) is 0 Å². The van der Waals surface area contributed by atoms with Crippen LogP contribution in [0.1, 0.15) is 47.6 Å². The van der Waals surface area contributed by atoms with Gasteiger partial charge in [-0.25, -0.2) is 4.98 Å². The summed E-state index contributed by atoms with van der Waals surface area (Å²) in [6.45, 7) is 11.0. The molecule has 0 spiro atoms. The zero-order valence-corrected chi connectivity index (χ0v) is 27.5. The van der Waals surface area contributed by atoms with Gasteiger partial charge in [-0.3, -0.25) is 4.57 Å². The number of allylic oxidation sites excluding steroid dienone is 2. The second kappa shape index (κ2) is 11.4. The highest BCUT2D eigenvalue weighted by Crippen LogP contribution is 2.42. The van der Waals surface area contributed by atoms with Gasteiger partial charge in [0.15, 0.2) is 0 Å². The van der Waals surface area contributed by atoms with Gasteiger partial charge in [-0.1, -0.05) is 68.0 Å². The number of ether oxygens (including phenoxy) is 1. The first-order valence-corrected chi connectivity index (χ1v) is 16.3. The molecule has 4 heterocycles. The van der Waals surface area contributed by atoms with Crippen molar-refractivity contribution in [2.45, 2.75) is 46.7 Å². The van der Waals surface area contributed by atoms with Crippen molar-refractivity contribution >= 4 is 33.2 Å². The topological polar surface area (TPSA) is 33.5 Å². The number of anilines is 1. The molecule has 0 radical (unpaired) electrons. The quantitative estimate of drug-likeness (QED) is 0.187. The standard InChI is InChI=1S/C42H38N4O/c1-27(2)31-18-19-43-40(24-31)45-37-14-7-6-13-35(37)36-17-16-34(25-38(36)45)47-33-12-10-11-32(23-33)39-26-44-20-9-8-15-41(44)46(39)42-29(4)21-28(3)22-30(42)5/h6-27,41H,1-5H3. The van der Waals surface area contributed by atoms with Crippen LogP contribution in [0.15, 0.2) is 128 Å². The summed E-state index contributed by atoms with van der Waals surface area (Å²) in [7, 11) is 0.